The third-order valence-electron chi connectivity index (χ3n) is 3.71. The summed E-state index contributed by atoms with van der Waals surface area (Å²) in [5.74, 6) is 0.742. The van der Waals surface area contributed by atoms with Gasteiger partial charge in [0.2, 0.25) is 0 Å². The number of halogens is 1. The number of allylic oxidation sites excluding steroid dienone is 1. The van der Waals surface area contributed by atoms with Crippen molar-refractivity contribution in [1.29, 1.82) is 0 Å². The van der Waals surface area contributed by atoms with Crippen LogP contribution in [-0.4, -0.2) is 11.7 Å². The van der Waals surface area contributed by atoms with Gasteiger partial charge in [0.05, 0.1) is 0 Å². The molecule has 2 aromatic rings. The molecule has 3 rings (SSSR count). The van der Waals surface area contributed by atoms with Crippen molar-refractivity contribution in [2.45, 2.75) is 13.8 Å². The van der Waals surface area contributed by atoms with Gasteiger partial charge in [-0.25, -0.2) is 4.39 Å². The van der Waals surface area contributed by atoms with Crippen molar-refractivity contribution in [2.24, 2.45) is 0 Å². The Morgan fingerprint density at radius 3 is 2.60 bits per heavy atom. The zero-order valence-corrected chi connectivity index (χ0v) is 11.4. The molecule has 0 saturated carbocycles. The van der Waals surface area contributed by atoms with Crippen molar-refractivity contribution in [3.05, 3.63) is 58.9 Å². The summed E-state index contributed by atoms with van der Waals surface area (Å²) in [5.41, 5.74) is 4.83. The smallest absolute Gasteiger partial charge is 0.127 e. The predicted molar refractivity (Wildman–Crippen MR) is 77.2 cm³/mol. The van der Waals surface area contributed by atoms with Gasteiger partial charge in [-0.3, -0.25) is 0 Å². The zero-order chi connectivity index (χ0) is 14.3. The van der Waals surface area contributed by atoms with E-state index in [4.69, 9.17) is 4.74 Å². The molecule has 0 unspecified atom stereocenters. The van der Waals surface area contributed by atoms with Gasteiger partial charge in [-0.05, 0) is 60.9 Å². The quantitative estimate of drug-likeness (QED) is 0.843. The third kappa shape index (κ3) is 2.05. The van der Waals surface area contributed by atoms with Crippen molar-refractivity contribution in [2.75, 3.05) is 6.61 Å². The maximum atomic E-state index is 13.2. The van der Waals surface area contributed by atoms with E-state index >= 15 is 0 Å². The van der Waals surface area contributed by atoms with E-state index in [1.54, 1.807) is 24.3 Å². The number of aromatic hydroxyl groups is 1. The Morgan fingerprint density at radius 2 is 1.85 bits per heavy atom. The summed E-state index contributed by atoms with van der Waals surface area (Å²) < 4.78 is 19.0. The summed E-state index contributed by atoms with van der Waals surface area (Å²) in [6, 6.07) is 9.83. The van der Waals surface area contributed by atoms with E-state index in [1.807, 2.05) is 13.8 Å². The highest BCUT2D eigenvalue weighted by Crippen LogP contribution is 2.39. The molecule has 1 aliphatic heterocycles. The second-order valence-corrected chi connectivity index (χ2v) is 5.03. The number of hydrogen-bond donors (Lipinski definition) is 1. The van der Waals surface area contributed by atoms with Crippen LogP contribution in [0.15, 0.2) is 36.4 Å². The van der Waals surface area contributed by atoms with Gasteiger partial charge in [0.25, 0.3) is 0 Å². The van der Waals surface area contributed by atoms with E-state index in [-0.39, 0.29) is 11.6 Å². The van der Waals surface area contributed by atoms with E-state index in [9.17, 15) is 9.50 Å². The number of benzene rings is 2. The molecule has 0 atom stereocenters. The van der Waals surface area contributed by atoms with Crippen molar-refractivity contribution in [1.82, 2.24) is 0 Å². The van der Waals surface area contributed by atoms with E-state index in [0.29, 0.717) is 6.61 Å². The molecule has 1 N–H and O–H groups in total. The van der Waals surface area contributed by atoms with E-state index < -0.39 is 0 Å². The summed E-state index contributed by atoms with van der Waals surface area (Å²) >= 11 is 0. The van der Waals surface area contributed by atoms with Gasteiger partial charge in [0, 0.05) is 11.1 Å². The van der Waals surface area contributed by atoms with Crippen LogP contribution < -0.4 is 4.74 Å². The van der Waals surface area contributed by atoms with Gasteiger partial charge in [-0.15, -0.1) is 0 Å². The van der Waals surface area contributed by atoms with Crippen LogP contribution in [0.4, 0.5) is 4.39 Å². The lowest BCUT2D eigenvalue weighted by atomic mass is 9.91. The van der Waals surface area contributed by atoms with Crippen LogP contribution in [0, 0.1) is 12.7 Å². The average Bonchev–Trinajstić information content (AvgIpc) is 2.41. The molecule has 0 aliphatic carbocycles. The maximum absolute atomic E-state index is 13.2. The summed E-state index contributed by atoms with van der Waals surface area (Å²) in [4.78, 5) is 0. The Kier molecular flexibility index (Phi) is 2.97. The summed E-state index contributed by atoms with van der Waals surface area (Å²) in [6.07, 6.45) is 0. The van der Waals surface area contributed by atoms with Gasteiger partial charge in [0.15, 0.2) is 0 Å². The summed E-state index contributed by atoms with van der Waals surface area (Å²) in [7, 11) is 0. The molecule has 0 saturated heterocycles. The molecule has 0 amide bonds. The van der Waals surface area contributed by atoms with Gasteiger partial charge in [-0.1, -0.05) is 6.07 Å². The lowest BCUT2D eigenvalue weighted by molar-refractivity contribution is 0.363. The van der Waals surface area contributed by atoms with Crippen LogP contribution in [0.25, 0.3) is 11.1 Å². The normalized spacial score (nSPS) is 13.9. The highest BCUT2D eigenvalue weighted by Gasteiger charge is 2.20. The number of phenolic OH excluding ortho intramolecular Hbond substituents is 1. The molecule has 1 heterocycles. The SMILES string of the molecule is CC1=C(c2ccc(F)cc2C)COc2ccc(O)cc21. The Bertz CT molecular complexity index is 717. The fraction of sp³-hybridized carbons (Fsp3) is 0.176. The minimum atomic E-state index is -0.237. The van der Waals surface area contributed by atoms with Gasteiger partial charge >= 0.3 is 0 Å². The molecule has 0 radical (unpaired) electrons. The number of hydrogen-bond acceptors (Lipinski definition) is 2. The van der Waals surface area contributed by atoms with Crippen LogP contribution in [0.5, 0.6) is 11.5 Å². The van der Waals surface area contributed by atoms with Crippen molar-refractivity contribution in [3.63, 3.8) is 0 Å². The first kappa shape index (κ1) is 12.7. The molecule has 3 heteroatoms. The van der Waals surface area contributed by atoms with E-state index in [0.717, 1.165) is 33.6 Å². The van der Waals surface area contributed by atoms with Crippen molar-refractivity contribution in [3.8, 4) is 11.5 Å². The van der Waals surface area contributed by atoms with Gasteiger partial charge in [-0.2, -0.15) is 0 Å². The van der Waals surface area contributed by atoms with Crippen LogP contribution in [0.3, 0.4) is 0 Å². The fourth-order valence-corrected chi connectivity index (χ4v) is 2.60. The van der Waals surface area contributed by atoms with Crippen LogP contribution in [-0.2, 0) is 0 Å². The number of ether oxygens (including phenoxy) is 1. The fourth-order valence-electron chi connectivity index (χ4n) is 2.60. The molecular weight excluding hydrogens is 255 g/mol. The molecule has 2 nitrogen and oxygen atoms in total. The van der Waals surface area contributed by atoms with Crippen LogP contribution in [0.2, 0.25) is 0 Å². The van der Waals surface area contributed by atoms with E-state index in [1.165, 1.54) is 12.1 Å². The topological polar surface area (TPSA) is 29.5 Å². The van der Waals surface area contributed by atoms with E-state index in [2.05, 4.69) is 0 Å². The van der Waals surface area contributed by atoms with Gasteiger partial charge in [0.1, 0.15) is 23.9 Å². The number of phenols is 1. The van der Waals surface area contributed by atoms with Gasteiger partial charge < -0.3 is 9.84 Å². The molecule has 1 aliphatic rings. The Balaban J connectivity index is 2.17. The maximum Gasteiger partial charge on any atom is 0.127 e. The average molecular weight is 270 g/mol. The monoisotopic (exact) mass is 270 g/mol. The minimum absolute atomic E-state index is 0.212. The minimum Gasteiger partial charge on any atom is -0.508 e. The first-order chi connectivity index (χ1) is 9.56. The number of aryl methyl sites for hydroxylation is 1. The summed E-state index contributed by atoms with van der Waals surface area (Å²) in [6.45, 7) is 4.34. The molecule has 0 fully saturated rings. The second-order valence-electron chi connectivity index (χ2n) is 5.03. The largest absolute Gasteiger partial charge is 0.508 e. The Hall–Kier alpha value is -2.29. The molecule has 0 bridgehead atoms. The summed E-state index contributed by atoms with van der Waals surface area (Å²) in [5, 5.41) is 9.63. The lowest BCUT2D eigenvalue weighted by Crippen LogP contribution is -2.10. The van der Waals surface area contributed by atoms with Crippen LogP contribution >= 0.6 is 0 Å². The molecule has 20 heavy (non-hydrogen) atoms. The highest BCUT2D eigenvalue weighted by atomic mass is 19.1. The first-order valence-electron chi connectivity index (χ1n) is 6.49. The number of rotatable bonds is 1. The molecular formula is C17H15FO2. The standard InChI is InChI=1S/C17H15FO2/c1-10-7-12(18)3-5-14(10)16-9-20-17-6-4-13(19)8-15(17)11(16)2/h3-8,19H,9H2,1-2H3. The Morgan fingerprint density at radius 1 is 1.05 bits per heavy atom. The van der Waals surface area contributed by atoms with Crippen molar-refractivity contribution < 1.29 is 14.2 Å². The predicted octanol–water partition coefficient (Wildman–Crippen LogP) is 4.16. The molecule has 0 spiro atoms. The zero-order valence-electron chi connectivity index (χ0n) is 11.4. The first-order valence-corrected chi connectivity index (χ1v) is 6.49. The number of fused-ring (bicyclic) bond motifs is 1. The molecule has 0 aromatic heterocycles. The second kappa shape index (κ2) is 4.67. The lowest BCUT2D eigenvalue weighted by Gasteiger charge is -2.23. The highest BCUT2D eigenvalue weighted by molar-refractivity contribution is 5.94. The van der Waals surface area contributed by atoms with Crippen LogP contribution in [0.1, 0.15) is 23.6 Å². The third-order valence-corrected chi connectivity index (χ3v) is 3.71. The molecule has 2 aromatic carbocycles. The van der Waals surface area contributed by atoms with Crippen molar-refractivity contribution >= 4 is 11.1 Å². The Labute approximate surface area is 117 Å². The molecule has 102 valence electrons.